The predicted octanol–water partition coefficient (Wildman–Crippen LogP) is 1.76. The number of hydrogen-bond acceptors (Lipinski definition) is 3. The van der Waals surface area contributed by atoms with E-state index >= 15 is 0 Å². The average Bonchev–Trinajstić information content (AvgIpc) is 2.45. The summed E-state index contributed by atoms with van der Waals surface area (Å²) in [4.78, 5) is 26.5. The third-order valence-corrected chi connectivity index (χ3v) is 4.08. The molecule has 122 valence electrons. The molecule has 0 radical (unpaired) electrons. The molecule has 21 heavy (non-hydrogen) atoms. The monoisotopic (exact) mass is 299 g/mol. The molecule has 1 heterocycles. The zero-order valence-electron chi connectivity index (χ0n) is 13.3. The van der Waals surface area contributed by atoms with Crippen LogP contribution in [0.4, 0.5) is 4.79 Å². The highest BCUT2D eigenvalue weighted by molar-refractivity contribution is 5.74. The van der Waals surface area contributed by atoms with E-state index in [2.05, 4.69) is 24.3 Å². The number of likely N-dealkylation sites (tertiary alicyclic amines) is 1. The Balaban J connectivity index is 2.03. The fourth-order valence-corrected chi connectivity index (χ4v) is 2.65. The number of nitrogens with one attached hydrogen (secondary N) is 1. The lowest BCUT2D eigenvalue weighted by atomic mass is 10.0. The molecule has 1 aliphatic rings. The quantitative estimate of drug-likeness (QED) is 0.670. The van der Waals surface area contributed by atoms with E-state index in [4.69, 9.17) is 5.11 Å². The first-order valence-corrected chi connectivity index (χ1v) is 7.91. The summed E-state index contributed by atoms with van der Waals surface area (Å²) in [7, 11) is 4.18. The highest BCUT2D eigenvalue weighted by Crippen LogP contribution is 2.14. The molecular weight excluding hydrogens is 270 g/mol. The number of piperidine rings is 1. The highest BCUT2D eigenvalue weighted by Gasteiger charge is 2.23. The summed E-state index contributed by atoms with van der Waals surface area (Å²) in [5.41, 5.74) is 0. The number of urea groups is 1. The molecule has 2 N–H and O–H groups in total. The lowest BCUT2D eigenvalue weighted by Crippen LogP contribution is -2.48. The predicted molar refractivity (Wildman–Crippen MR) is 82.4 cm³/mol. The number of aliphatic carboxylic acids is 1. The second-order valence-electron chi connectivity index (χ2n) is 5.97. The molecule has 6 heteroatoms. The Kier molecular flexibility index (Phi) is 8.12. The molecule has 1 aliphatic heterocycles. The topological polar surface area (TPSA) is 72.9 Å². The molecule has 0 aromatic carbocycles. The lowest BCUT2D eigenvalue weighted by Gasteiger charge is -2.35. The van der Waals surface area contributed by atoms with E-state index in [9.17, 15) is 9.59 Å². The maximum atomic E-state index is 12.0. The first-order valence-electron chi connectivity index (χ1n) is 7.91. The van der Waals surface area contributed by atoms with E-state index in [0.29, 0.717) is 12.6 Å². The summed E-state index contributed by atoms with van der Waals surface area (Å²) in [5.74, 6) is -0.732. The van der Waals surface area contributed by atoms with Gasteiger partial charge in [0, 0.05) is 32.1 Å². The van der Waals surface area contributed by atoms with Gasteiger partial charge in [-0.15, -0.1) is 0 Å². The summed E-state index contributed by atoms with van der Waals surface area (Å²) < 4.78 is 0. The zero-order chi connectivity index (χ0) is 15.7. The fourth-order valence-electron chi connectivity index (χ4n) is 2.65. The van der Waals surface area contributed by atoms with Crippen LogP contribution in [0.2, 0.25) is 0 Å². The van der Waals surface area contributed by atoms with Crippen LogP contribution in [0.3, 0.4) is 0 Å². The second kappa shape index (κ2) is 9.60. The third kappa shape index (κ3) is 7.32. The minimum Gasteiger partial charge on any atom is -0.481 e. The van der Waals surface area contributed by atoms with Gasteiger partial charge in [0.25, 0.3) is 0 Å². The molecular formula is C15H29N3O3. The molecule has 0 aliphatic carbocycles. The molecule has 1 rings (SSSR count). The van der Waals surface area contributed by atoms with Crippen LogP contribution < -0.4 is 5.32 Å². The SMILES string of the molecule is CN(C)C1CCN(C(=O)NCCCCCCC(=O)O)CC1. The van der Waals surface area contributed by atoms with Crippen molar-refractivity contribution in [3.63, 3.8) is 0 Å². The van der Waals surface area contributed by atoms with Gasteiger partial charge in [-0.1, -0.05) is 12.8 Å². The molecule has 0 saturated carbocycles. The molecule has 0 spiro atoms. The number of nitrogens with zero attached hydrogens (tertiary/aromatic N) is 2. The molecule has 1 saturated heterocycles. The number of carbonyl (C=O) groups is 2. The van der Waals surface area contributed by atoms with E-state index in [1.165, 1.54) is 0 Å². The van der Waals surface area contributed by atoms with Gasteiger partial charge in [0.05, 0.1) is 0 Å². The third-order valence-electron chi connectivity index (χ3n) is 4.08. The smallest absolute Gasteiger partial charge is 0.317 e. The Bertz CT molecular complexity index is 326. The van der Waals surface area contributed by atoms with Crippen LogP contribution in [-0.2, 0) is 4.79 Å². The van der Waals surface area contributed by atoms with Gasteiger partial charge in [0.15, 0.2) is 0 Å². The van der Waals surface area contributed by atoms with Crippen molar-refractivity contribution in [3.8, 4) is 0 Å². The van der Waals surface area contributed by atoms with Crippen LogP contribution in [0.15, 0.2) is 0 Å². The number of hydrogen-bond donors (Lipinski definition) is 2. The summed E-state index contributed by atoms with van der Waals surface area (Å²) >= 11 is 0. The van der Waals surface area contributed by atoms with Crippen LogP contribution in [-0.4, -0.2) is 66.7 Å². The van der Waals surface area contributed by atoms with Crippen molar-refractivity contribution < 1.29 is 14.7 Å². The Morgan fingerprint density at radius 2 is 1.76 bits per heavy atom. The average molecular weight is 299 g/mol. The van der Waals surface area contributed by atoms with Gasteiger partial charge < -0.3 is 20.2 Å². The molecule has 1 fully saturated rings. The Hall–Kier alpha value is -1.30. The van der Waals surface area contributed by atoms with Gasteiger partial charge >= 0.3 is 12.0 Å². The Labute approximate surface area is 127 Å². The van der Waals surface area contributed by atoms with Crippen molar-refractivity contribution >= 4 is 12.0 Å². The molecule has 2 amide bonds. The Morgan fingerprint density at radius 1 is 1.14 bits per heavy atom. The molecule has 0 atom stereocenters. The number of rotatable bonds is 8. The van der Waals surface area contributed by atoms with Gasteiger partial charge in [0.1, 0.15) is 0 Å². The van der Waals surface area contributed by atoms with E-state index in [0.717, 1.165) is 51.6 Å². The minimum atomic E-state index is -0.732. The number of unbranched alkanes of at least 4 members (excludes halogenated alkanes) is 3. The maximum Gasteiger partial charge on any atom is 0.317 e. The van der Waals surface area contributed by atoms with E-state index in [-0.39, 0.29) is 12.5 Å². The van der Waals surface area contributed by atoms with E-state index in [1.807, 2.05) is 4.90 Å². The maximum absolute atomic E-state index is 12.0. The number of carboxylic acids is 1. The van der Waals surface area contributed by atoms with E-state index < -0.39 is 5.97 Å². The number of carboxylic acid groups (broad SMARTS) is 1. The number of carbonyl (C=O) groups excluding carboxylic acids is 1. The Morgan fingerprint density at radius 3 is 2.33 bits per heavy atom. The number of amides is 2. The van der Waals surface area contributed by atoms with Crippen LogP contribution in [0.25, 0.3) is 0 Å². The largest absolute Gasteiger partial charge is 0.481 e. The van der Waals surface area contributed by atoms with Crippen LogP contribution in [0.1, 0.15) is 44.9 Å². The van der Waals surface area contributed by atoms with Gasteiger partial charge in [-0.05, 0) is 39.8 Å². The highest BCUT2D eigenvalue weighted by atomic mass is 16.4. The zero-order valence-corrected chi connectivity index (χ0v) is 13.3. The second-order valence-corrected chi connectivity index (χ2v) is 5.97. The van der Waals surface area contributed by atoms with Crippen LogP contribution in [0, 0.1) is 0 Å². The fraction of sp³-hybridized carbons (Fsp3) is 0.867. The van der Waals surface area contributed by atoms with Crippen molar-refractivity contribution in [2.75, 3.05) is 33.7 Å². The molecule has 6 nitrogen and oxygen atoms in total. The first kappa shape index (κ1) is 17.8. The summed E-state index contributed by atoms with van der Waals surface area (Å²) in [6.07, 6.45) is 5.84. The molecule has 0 bridgehead atoms. The van der Waals surface area contributed by atoms with Crippen molar-refractivity contribution in [2.45, 2.75) is 51.0 Å². The van der Waals surface area contributed by atoms with E-state index in [1.54, 1.807) is 0 Å². The summed E-state index contributed by atoms with van der Waals surface area (Å²) in [5, 5.41) is 11.5. The minimum absolute atomic E-state index is 0.0396. The summed E-state index contributed by atoms with van der Waals surface area (Å²) in [6, 6.07) is 0.626. The van der Waals surface area contributed by atoms with Crippen LogP contribution in [0.5, 0.6) is 0 Å². The molecule has 0 aromatic rings. The van der Waals surface area contributed by atoms with Gasteiger partial charge in [-0.25, -0.2) is 4.79 Å². The van der Waals surface area contributed by atoms with Gasteiger partial charge in [0.2, 0.25) is 0 Å². The van der Waals surface area contributed by atoms with Crippen LogP contribution >= 0.6 is 0 Å². The van der Waals surface area contributed by atoms with Crippen molar-refractivity contribution in [1.29, 1.82) is 0 Å². The van der Waals surface area contributed by atoms with Crippen molar-refractivity contribution in [1.82, 2.24) is 15.1 Å². The van der Waals surface area contributed by atoms with Crippen molar-refractivity contribution in [2.24, 2.45) is 0 Å². The lowest BCUT2D eigenvalue weighted by molar-refractivity contribution is -0.137. The summed E-state index contributed by atoms with van der Waals surface area (Å²) in [6.45, 7) is 2.33. The standard InChI is InChI=1S/C15H29N3O3/c1-17(2)13-8-11-18(12-9-13)15(21)16-10-6-4-3-5-7-14(19)20/h13H,3-12H2,1-2H3,(H,16,21)(H,19,20). The van der Waals surface area contributed by atoms with Crippen molar-refractivity contribution in [3.05, 3.63) is 0 Å². The molecule has 0 unspecified atom stereocenters. The van der Waals surface area contributed by atoms with Gasteiger partial charge in [-0.2, -0.15) is 0 Å². The molecule has 0 aromatic heterocycles. The van der Waals surface area contributed by atoms with Gasteiger partial charge in [-0.3, -0.25) is 4.79 Å². The normalized spacial score (nSPS) is 16.2. The first-order chi connectivity index (χ1) is 10.0.